The summed E-state index contributed by atoms with van der Waals surface area (Å²) in [5.74, 6) is 0.0367. The van der Waals surface area contributed by atoms with Crippen molar-refractivity contribution in [3.05, 3.63) is 35.4 Å². The molecule has 18 heavy (non-hydrogen) atoms. The average Bonchev–Trinajstić information content (AvgIpc) is 2.25. The summed E-state index contributed by atoms with van der Waals surface area (Å²) < 4.78 is 0. The Kier molecular flexibility index (Phi) is 4.91. The zero-order chi connectivity index (χ0) is 13.8. The van der Waals surface area contributed by atoms with Crippen LogP contribution < -0.4 is 10.6 Å². The van der Waals surface area contributed by atoms with Gasteiger partial charge in [-0.2, -0.15) is 0 Å². The van der Waals surface area contributed by atoms with Gasteiger partial charge in [-0.3, -0.25) is 4.79 Å². The van der Waals surface area contributed by atoms with Crippen LogP contribution in [0.3, 0.4) is 0 Å². The van der Waals surface area contributed by atoms with Crippen molar-refractivity contribution in [1.82, 2.24) is 10.6 Å². The van der Waals surface area contributed by atoms with Crippen LogP contribution in [-0.2, 0) is 11.3 Å². The molecule has 1 unspecified atom stereocenters. The summed E-state index contributed by atoms with van der Waals surface area (Å²) in [4.78, 5) is 11.9. The first kappa shape index (κ1) is 14.7. The molecule has 0 aliphatic carbocycles. The van der Waals surface area contributed by atoms with Crippen molar-refractivity contribution in [3.63, 3.8) is 0 Å². The second-order valence-corrected chi connectivity index (χ2v) is 5.83. The van der Waals surface area contributed by atoms with Gasteiger partial charge in [0.05, 0.1) is 6.04 Å². The highest BCUT2D eigenvalue weighted by Gasteiger charge is 2.18. The van der Waals surface area contributed by atoms with Crippen LogP contribution in [-0.4, -0.2) is 17.5 Å². The minimum Gasteiger partial charge on any atom is -0.350 e. The number of hydrogen-bond acceptors (Lipinski definition) is 2. The fourth-order valence-electron chi connectivity index (χ4n) is 1.55. The predicted octanol–water partition coefficient (Wildman–Crippen LogP) is 2.39. The van der Waals surface area contributed by atoms with Crippen molar-refractivity contribution < 1.29 is 4.79 Å². The molecule has 1 aromatic rings. The molecule has 100 valence electrons. The maximum Gasteiger partial charge on any atom is 0.237 e. The lowest BCUT2D eigenvalue weighted by molar-refractivity contribution is -0.124. The third-order valence-electron chi connectivity index (χ3n) is 2.62. The first-order valence-electron chi connectivity index (χ1n) is 6.39. The molecular formula is C15H24N2O. The molecule has 0 fully saturated rings. The Morgan fingerprint density at radius 1 is 1.22 bits per heavy atom. The molecule has 3 nitrogen and oxygen atoms in total. The largest absolute Gasteiger partial charge is 0.350 e. The molecule has 0 spiro atoms. The van der Waals surface area contributed by atoms with E-state index in [1.807, 2.05) is 27.7 Å². The molecule has 0 aliphatic rings. The molecule has 0 aliphatic heterocycles. The Labute approximate surface area is 110 Å². The molecule has 1 rings (SSSR count). The van der Waals surface area contributed by atoms with Crippen LogP contribution >= 0.6 is 0 Å². The van der Waals surface area contributed by atoms with Gasteiger partial charge < -0.3 is 10.6 Å². The van der Waals surface area contributed by atoms with Gasteiger partial charge in [-0.15, -0.1) is 0 Å². The first-order chi connectivity index (χ1) is 8.28. The number of carbonyl (C=O) groups excluding carboxylic acids is 1. The number of benzene rings is 1. The number of nitrogens with one attached hydrogen (secondary N) is 2. The highest BCUT2D eigenvalue weighted by atomic mass is 16.2. The zero-order valence-electron chi connectivity index (χ0n) is 12.0. The summed E-state index contributed by atoms with van der Waals surface area (Å²) in [5.41, 5.74) is 2.25. The summed E-state index contributed by atoms with van der Waals surface area (Å²) in [5, 5.41) is 6.19. The first-order valence-corrected chi connectivity index (χ1v) is 6.39. The van der Waals surface area contributed by atoms with Gasteiger partial charge in [-0.1, -0.05) is 29.8 Å². The molecule has 1 amide bonds. The summed E-state index contributed by atoms with van der Waals surface area (Å²) in [6, 6.07) is 8.13. The van der Waals surface area contributed by atoms with Crippen molar-refractivity contribution in [2.24, 2.45) is 0 Å². The van der Waals surface area contributed by atoms with Gasteiger partial charge in [0.1, 0.15) is 0 Å². The van der Waals surface area contributed by atoms with Crippen molar-refractivity contribution in [1.29, 1.82) is 0 Å². The van der Waals surface area contributed by atoms with Crippen LogP contribution in [0.4, 0.5) is 0 Å². The van der Waals surface area contributed by atoms with E-state index < -0.39 is 0 Å². The van der Waals surface area contributed by atoms with E-state index in [1.165, 1.54) is 11.1 Å². The highest BCUT2D eigenvalue weighted by Crippen LogP contribution is 2.04. The highest BCUT2D eigenvalue weighted by molar-refractivity contribution is 5.81. The summed E-state index contributed by atoms with van der Waals surface area (Å²) in [7, 11) is 0. The van der Waals surface area contributed by atoms with Crippen molar-refractivity contribution >= 4 is 5.91 Å². The van der Waals surface area contributed by atoms with Crippen LogP contribution in [0.2, 0.25) is 0 Å². The van der Waals surface area contributed by atoms with Gasteiger partial charge in [0, 0.05) is 12.1 Å². The summed E-state index contributed by atoms with van der Waals surface area (Å²) >= 11 is 0. The fraction of sp³-hybridized carbons (Fsp3) is 0.533. The summed E-state index contributed by atoms with van der Waals surface area (Å²) in [6.07, 6.45) is 0. The number of aryl methyl sites for hydroxylation is 1. The standard InChI is InChI=1S/C15H24N2O/c1-11-6-8-13(9-7-11)10-16-12(2)14(18)17-15(3,4)5/h6-9,12,16H,10H2,1-5H3,(H,17,18). The van der Waals surface area contributed by atoms with E-state index in [2.05, 4.69) is 41.8 Å². The average molecular weight is 248 g/mol. The van der Waals surface area contributed by atoms with Gasteiger partial charge in [-0.05, 0) is 40.2 Å². The molecular weight excluding hydrogens is 224 g/mol. The smallest absolute Gasteiger partial charge is 0.237 e. The monoisotopic (exact) mass is 248 g/mol. The third-order valence-corrected chi connectivity index (χ3v) is 2.62. The van der Waals surface area contributed by atoms with Crippen LogP contribution in [0, 0.1) is 6.92 Å². The molecule has 0 bridgehead atoms. The van der Waals surface area contributed by atoms with Crippen molar-refractivity contribution in [2.45, 2.75) is 52.7 Å². The number of amides is 1. The maximum absolute atomic E-state index is 11.9. The van der Waals surface area contributed by atoms with Crippen LogP contribution in [0.1, 0.15) is 38.8 Å². The zero-order valence-corrected chi connectivity index (χ0v) is 12.0. The van der Waals surface area contributed by atoms with E-state index in [9.17, 15) is 4.79 Å². The maximum atomic E-state index is 11.9. The van der Waals surface area contributed by atoms with Gasteiger partial charge in [0.15, 0.2) is 0 Å². The topological polar surface area (TPSA) is 41.1 Å². The Balaban J connectivity index is 2.43. The second-order valence-electron chi connectivity index (χ2n) is 5.83. The SMILES string of the molecule is Cc1ccc(CNC(C)C(=O)NC(C)(C)C)cc1. The Bertz CT molecular complexity index is 390. The predicted molar refractivity (Wildman–Crippen MR) is 75.4 cm³/mol. The molecule has 3 heteroatoms. The molecule has 1 aromatic carbocycles. The van der Waals surface area contributed by atoms with Crippen molar-refractivity contribution in [3.8, 4) is 0 Å². The number of rotatable bonds is 4. The van der Waals surface area contributed by atoms with E-state index in [-0.39, 0.29) is 17.5 Å². The Morgan fingerprint density at radius 2 is 1.78 bits per heavy atom. The van der Waals surface area contributed by atoms with Gasteiger partial charge in [-0.25, -0.2) is 0 Å². The van der Waals surface area contributed by atoms with E-state index in [0.717, 1.165) is 0 Å². The molecule has 0 saturated heterocycles. The molecule has 0 heterocycles. The molecule has 0 radical (unpaired) electrons. The molecule has 0 aromatic heterocycles. The second kappa shape index (κ2) is 6.01. The van der Waals surface area contributed by atoms with E-state index in [0.29, 0.717) is 6.54 Å². The lowest BCUT2D eigenvalue weighted by Gasteiger charge is -2.23. The normalized spacial score (nSPS) is 13.2. The molecule has 0 saturated carbocycles. The van der Waals surface area contributed by atoms with Crippen LogP contribution in [0.25, 0.3) is 0 Å². The van der Waals surface area contributed by atoms with Gasteiger partial charge in [0.2, 0.25) is 5.91 Å². The van der Waals surface area contributed by atoms with E-state index >= 15 is 0 Å². The van der Waals surface area contributed by atoms with Gasteiger partial charge >= 0.3 is 0 Å². The van der Waals surface area contributed by atoms with Crippen molar-refractivity contribution in [2.75, 3.05) is 0 Å². The number of carbonyl (C=O) groups is 1. The Hall–Kier alpha value is -1.35. The van der Waals surface area contributed by atoms with Crippen LogP contribution in [0.15, 0.2) is 24.3 Å². The van der Waals surface area contributed by atoms with Gasteiger partial charge in [0.25, 0.3) is 0 Å². The minimum absolute atomic E-state index is 0.0367. The summed E-state index contributed by atoms with van der Waals surface area (Å²) in [6.45, 7) is 10.6. The molecule has 1 atom stereocenters. The van der Waals surface area contributed by atoms with E-state index in [1.54, 1.807) is 0 Å². The lowest BCUT2D eigenvalue weighted by Crippen LogP contribution is -2.49. The minimum atomic E-state index is -0.189. The molecule has 2 N–H and O–H groups in total. The quantitative estimate of drug-likeness (QED) is 0.859. The Morgan fingerprint density at radius 3 is 2.28 bits per heavy atom. The number of hydrogen-bond donors (Lipinski definition) is 2. The fourth-order valence-corrected chi connectivity index (χ4v) is 1.55. The van der Waals surface area contributed by atoms with E-state index in [4.69, 9.17) is 0 Å². The lowest BCUT2D eigenvalue weighted by atomic mass is 10.1. The third kappa shape index (κ3) is 5.32. The van der Waals surface area contributed by atoms with Crippen LogP contribution in [0.5, 0.6) is 0 Å².